The molecule has 25 heavy (non-hydrogen) atoms. The highest BCUT2D eigenvalue weighted by molar-refractivity contribution is 5.95. The van der Waals surface area contributed by atoms with Crippen molar-refractivity contribution >= 4 is 11.9 Å². The number of aryl methyl sites for hydroxylation is 1. The van der Waals surface area contributed by atoms with Crippen LogP contribution in [-0.4, -0.2) is 57.0 Å². The average Bonchev–Trinajstić information content (AvgIpc) is 2.62. The second-order valence-electron chi connectivity index (χ2n) is 6.22. The van der Waals surface area contributed by atoms with Crippen LogP contribution in [-0.2, 0) is 13.2 Å². The molecule has 0 aliphatic carbocycles. The third-order valence-electron chi connectivity index (χ3n) is 4.57. The van der Waals surface area contributed by atoms with Crippen LogP contribution < -0.4 is 5.73 Å². The van der Waals surface area contributed by atoms with Crippen molar-refractivity contribution in [1.29, 1.82) is 0 Å². The topological polar surface area (TPSA) is 95.6 Å². The van der Waals surface area contributed by atoms with Gasteiger partial charge in [-0.05, 0) is 18.1 Å². The maximum atomic E-state index is 12.7. The Balaban J connectivity index is 1.61. The SMILES string of the molecule is Cc1nc(N)ncc1C(=O)N1CCN(Cc2ccccc2CO)CC1. The Hall–Kier alpha value is -2.51. The summed E-state index contributed by atoms with van der Waals surface area (Å²) in [5, 5.41) is 9.44. The van der Waals surface area contributed by atoms with Gasteiger partial charge in [-0.25, -0.2) is 9.97 Å². The van der Waals surface area contributed by atoms with Crippen LogP contribution >= 0.6 is 0 Å². The van der Waals surface area contributed by atoms with E-state index in [1.165, 1.54) is 6.20 Å². The fraction of sp³-hybridized carbons (Fsp3) is 0.389. The van der Waals surface area contributed by atoms with Crippen molar-refractivity contribution in [1.82, 2.24) is 19.8 Å². The van der Waals surface area contributed by atoms with E-state index in [0.717, 1.165) is 30.8 Å². The summed E-state index contributed by atoms with van der Waals surface area (Å²) in [5.41, 5.74) is 8.75. The number of nitrogens with zero attached hydrogens (tertiary/aromatic N) is 4. The standard InChI is InChI=1S/C18H23N5O2/c1-13-16(10-20-18(19)21-13)17(25)23-8-6-22(7-9-23)11-14-4-2-3-5-15(14)12-24/h2-5,10,24H,6-9,11-12H2,1H3,(H2,19,20,21). The van der Waals surface area contributed by atoms with Crippen molar-refractivity contribution in [3.05, 3.63) is 52.8 Å². The van der Waals surface area contributed by atoms with Gasteiger partial charge in [-0.2, -0.15) is 0 Å². The summed E-state index contributed by atoms with van der Waals surface area (Å²) in [6.45, 7) is 5.50. The molecule has 132 valence electrons. The first-order valence-corrected chi connectivity index (χ1v) is 8.37. The fourth-order valence-corrected chi connectivity index (χ4v) is 3.08. The molecule has 0 bridgehead atoms. The molecule has 7 nitrogen and oxygen atoms in total. The molecule has 1 fully saturated rings. The Morgan fingerprint density at radius 3 is 2.52 bits per heavy atom. The predicted octanol–water partition coefficient (Wildman–Crippen LogP) is 0.818. The second kappa shape index (κ2) is 7.58. The number of hydrogen-bond acceptors (Lipinski definition) is 6. The normalized spacial score (nSPS) is 15.4. The summed E-state index contributed by atoms with van der Waals surface area (Å²) in [5.74, 6) is 0.134. The monoisotopic (exact) mass is 341 g/mol. The van der Waals surface area contributed by atoms with Gasteiger partial charge >= 0.3 is 0 Å². The third-order valence-corrected chi connectivity index (χ3v) is 4.57. The van der Waals surface area contributed by atoms with Crippen LogP contribution in [0.3, 0.4) is 0 Å². The van der Waals surface area contributed by atoms with Gasteiger partial charge in [-0.15, -0.1) is 0 Å². The fourth-order valence-electron chi connectivity index (χ4n) is 3.08. The van der Waals surface area contributed by atoms with Crippen LogP contribution in [0.4, 0.5) is 5.95 Å². The lowest BCUT2D eigenvalue weighted by Gasteiger charge is -2.35. The number of carbonyl (C=O) groups excluding carboxylic acids is 1. The van der Waals surface area contributed by atoms with Crippen molar-refractivity contribution in [2.45, 2.75) is 20.1 Å². The van der Waals surface area contributed by atoms with E-state index >= 15 is 0 Å². The van der Waals surface area contributed by atoms with E-state index < -0.39 is 0 Å². The Labute approximate surface area is 147 Å². The van der Waals surface area contributed by atoms with Gasteiger partial charge in [0.1, 0.15) is 0 Å². The number of nitrogen functional groups attached to an aromatic ring is 1. The average molecular weight is 341 g/mol. The second-order valence-corrected chi connectivity index (χ2v) is 6.22. The Morgan fingerprint density at radius 2 is 1.88 bits per heavy atom. The Morgan fingerprint density at radius 1 is 1.20 bits per heavy atom. The smallest absolute Gasteiger partial charge is 0.257 e. The highest BCUT2D eigenvalue weighted by atomic mass is 16.3. The molecule has 0 unspecified atom stereocenters. The summed E-state index contributed by atoms with van der Waals surface area (Å²) in [7, 11) is 0. The molecule has 0 spiro atoms. The van der Waals surface area contributed by atoms with Gasteiger partial charge in [0.25, 0.3) is 5.91 Å². The Bertz CT molecular complexity index is 757. The zero-order chi connectivity index (χ0) is 17.8. The summed E-state index contributed by atoms with van der Waals surface area (Å²) >= 11 is 0. The van der Waals surface area contributed by atoms with E-state index in [-0.39, 0.29) is 18.5 Å². The molecular weight excluding hydrogens is 318 g/mol. The van der Waals surface area contributed by atoms with Crippen molar-refractivity contribution in [3.8, 4) is 0 Å². The van der Waals surface area contributed by atoms with Gasteiger partial charge in [0.05, 0.1) is 17.9 Å². The number of carbonyl (C=O) groups is 1. The van der Waals surface area contributed by atoms with Crippen LogP contribution in [0, 0.1) is 6.92 Å². The number of rotatable bonds is 4. The number of aromatic nitrogens is 2. The first kappa shape index (κ1) is 17.3. The maximum absolute atomic E-state index is 12.7. The van der Waals surface area contributed by atoms with Crippen LogP contribution in [0.15, 0.2) is 30.5 Å². The molecule has 1 aromatic heterocycles. The van der Waals surface area contributed by atoms with E-state index in [9.17, 15) is 9.90 Å². The minimum atomic E-state index is -0.0482. The minimum Gasteiger partial charge on any atom is -0.392 e. The molecule has 1 aliphatic heterocycles. The predicted molar refractivity (Wildman–Crippen MR) is 94.7 cm³/mol. The van der Waals surface area contributed by atoms with Gasteiger partial charge in [-0.1, -0.05) is 24.3 Å². The van der Waals surface area contributed by atoms with Crippen molar-refractivity contribution in [2.24, 2.45) is 0 Å². The highest BCUT2D eigenvalue weighted by Crippen LogP contribution is 2.15. The molecule has 1 saturated heterocycles. The van der Waals surface area contributed by atoms with E-state index in [2.05, 4.69) is 14.9 Å². The molecule has 1 aromatic carbocycles. The van der Waals surface area contributed by atoms with Crippen molar-refractivity contribution < 1.29 is 9.90 Å². The number of anilines is 1. The van der Waals surface area contributed by atoms with E-state index in [1.807, 2.05) is 29.2 Å². The third kappa shape index (κ3) is 3.94. The van der Waals surface area contributed by atoms with Gasteiger partial charge in [0.15, 0.2) is 0 Å². The van der Waals surface area contributed by atoms with Crippen molar-refractivity contribution in [3.63, 3.8) is 0 Å². The van der Waals surface area contributed by atoms with Gasteiger partial charge in [0.2, 0.25) is 5.95 Å². The van der Waals surface area contributed by atoms with E-state index in [1.54, 1.807) is 6.92 Å². The van der Waals surface area contributed by atoms with Gasteiger partial charge in [0, 0.05) is 38.9 Å². The maximum Gasteiger partial charge on any atom is 0.257 e. The molecule has 0 radical (unpaired) electrons. The van der Waals surface area contributed by atoms with Gasteiger partial charge < -0.3 is 15.7 Å². The zero-order valence-corrected chi connectivity index (χ0v) is 14.4. The number of benzene rings is 1. The lowest BCUT2D eigenvalue weighted by atomic mass is 10.1. The number of amides is 1. The lowest BCUT2D eigenvalue weighted by molar-refractivity contribution is 0.0626. The molecule has 2 aromatic rings. The summed E-state index contributed by atoms with van der Waals surface area (Å²) in [4.78, 5) is 24.8. The van der Waals surface area contributed by atoms with Crippen LogP contribution in [0.1, 0.15) is 27.2 Å². The quantitative estimate of drug-likeness (QED) is 0.855. The lowest BCUT2D eigenvalue weighted by Crippen LogP contribution is -2.48. The molecule has 1 amide bonds. The molecule has 7 heteroatoms. The number of aliphatic hydroxyl groups is 1. The zero-order valence-electron chi connectivity index (χ0n) is 14.4. The minimum absolute atomic E-state index is 0.0467. The van der Waals surface area contributed by atoms with E-state index in [0.29, 0.717) is 24.3 Å². The van der Waals surface area contributed by atoms with Gasteiger partial charge in [-0.3, -0.25) is 9.69 Å². The van der Waals surface area contributed by atoms with Crippen LogP contribution in [0.2, 0.25) is 0 Å². The highest BCUT2D eigenvalue weighted by Gasteiger charge is 2.24. The number of aliphatic hydroxyl groups excluding tert-OH is 1. The van der Waals surface area contributed by atoms with Crippen LogP contribution in [0.25, 0.3) is 0 Å². The summed E-state index contributed by atoms with van der Waals surface area (Å²) in [6.07, 6.45) is 1.50. The summed E-state index contributed by atoms with van der Waals surface area (Å²) in [6, 6.07) is 7.90. The molecule has 0 saturated carbocycles. The van der Waals surface area contributed by atoms with E-state index in [4.69, 9.17) is 5.73 Å². The van der Waals surface area contributed by atoms with Crippen molar-refractivity contribution in [2.75, 3.05) is 31.9 Å². The number of hydrogen-bond donors (Lipinski definition) is 2. The molecule has 1 aliphatic rings. The Kier molecular flexibility index (Phi) is 5.25. The number of nitrogens with two attached hydrogens (primary N) is 1. The first-order chi connectivity index (χ1) is 12.1. The molecule has 2 heterocycles. The molecule has 3 rings (SSSR count). The summed E-state index contributed by atoms with van der Waals surface area (Å²) < 4.78 is 0. The largest absolute Gasteiger partial charge is 0.392 e. The molecule has 3 N–H and O–H groups in total. The molecular formula is C18H23N5O2. The first-order valence-electron chi connectivity index (χ1n) is 8.37. The van der Waals surface area contributed by atoms with Crippen LogP contribution in [0.5, 0.6) is 0 Å². The number of piperazine rings is 1. The molecule has 0 atom stereocenters.